The lowest BCUT2D eigenvalue weighted by molar-refractivity contribution is -0.147. The minimum atomic E-state index is -3.89. The maximum atomic E-state index is 12.9. The Kier molecular flexibility index (Phi) is 5.64. The van der Waals surface area contributed by atoms with Crippen LogP contribution in [0.4, 0.5) is 0 Å². The highest BCUT2D eigenvalue weighted by molar-refractivity contribution is 7.86. The van der Waals surface area contributed by atoms with E-state index in [4.69, 9.17) is 4.74 Å². The van der Waals surface area contributed by atoms with Crippen LogP contribution in [0.1, 0.15) is 39.5 Å². The molecule has 0 saturated carbocycles. The highest BCUT2D eigenvalue weighted by Gasteiger charge is 2.45. The van der Waals surface area contributed by atoms with Gasteiger partial charge >= 0.3 is 11.9 Å². The third-order valence-corrected chi connectivity index (χ3v) is 6.66. The fourth-order valence-electron chi connectivity index (χ4n) is 3.22. The van der Waals surface area contributed by atoms with E-state index in [0.717, 1.165) is 0 Å². The number of carbonyl (C=O) groups is 2. The van der Waals surface area contributed by atoms with Gasteiger partial charge in [0, 0.05) is 19.1 Å². The lowest BCUT2D eigenvalue weighted by Gasteiger charge is -2.38. The quantitative estimate of drug-likeness (QED) is 0.723. The molecule has 0 bridgehead atoms. The van der Waals surface area contributed by atoms with Gasteiger partial charge in [-0.1, -0.05) is 0 Å². The maximum absolute atomic E-state index is 12.9. The SMILES string of the molecule is CCOC(=O)C1CCCN1S(=O)(=O)N1CC(C(=O)O)CCC1C. The molecule has 3 unspecified atom stereocenters. The number of ether oxygens (including phenoxy) is 1. The molecule has 0 aromatic carbocycles. The van der Waals surface area contributed by atoms with E-state index in [2.05, 4.69) is 0 Å². The topological polar surface area (TPSA) is 104 Å². The second-order valence-electron chi connectivity index (χ2n) is 6.06. The van der Waals surface area contributed by atoms with Crippen molar-refractivity contribution < 1.29 is 27.9 Å². The van der Waals surface area contributed by atoms with Gasteiger partial charge in [0.1, 0.15) is 6.04 Å². The molecule has 8 nitrogen and oxygen atoms in total. The van der Waals surface area contributed by atoms with Gasteiger partial charge in [-0.15, -0.1) is 0 Å². The molecule has 3 atom stereocenters. The van der Waals surface area contributed by atoms with Gasteiger partial charge < -0.3 is 9.84 Å². The van der Waals surface area contributed by atoms with E-state index in [1.807, 2.05) is 0 Å². The number of esters is 1. The fourth-order valence-corrected chi connectivity index (χ4v) is 5.29. The zero-order valence-electron chi connectivity index (χ0n) is 13.5. The second kappa shape index (κ2) is 7.14. The molecule has 0 amide bonds. The summed E-state index contributed by atoms with van der Waals surface area (Å²) in [5.74, 6) is -2.22. The van der Waals surface area contributed by atoms with E-state index in [-0.39, 0.29) is 25.7 Å². The van der Waals surface area contributed by atoms with E-state index in [1.165, 1.54) is 8.61 Å². The summed E-state index contributed by atoms with van der Waals surface area (Å²) in [5, 5.41) is 9.17. The monoisotopic (exact) mass is 348 g/mol. The first-order valence-electron chi connectivity index (χ1n) is 7.97. The smallest absolute Gasteiger partial charge is 0.324 e. The number of piperidine rings is 1. The van der Waals surface area contributed by atoms with Crippen LogP contribution in [0.3, 0.4) is 0 Å². The number of carboxylic acid groups (broad SMARTS) is 1. The number of nitrogens with zero attached hydrogens (tertiary/aromatic N) is 2. The largest absolute Gasteiger partial charge is 0.481 e. The van der Waals surface area contributed by atoms with Crippen molar-refractivity contribution in [2.45, 2.75) is 51.6 Å². The summed E-state index contributed by atoms with van der Waals surface area (Å²) in [7, 11) is -3.89. The van der Waals surface area contributed by atoms with Crippen LogP contribution in [0.15, 0.2) is 0 Å². The molecule has 0 spiro atoms. The second-order valence-corrected chi connectivity index (χ2v) is 7.89. The molecule has 2 saturated heterocycles. The van der Waals surface area contributed by atoms with Crippen LogP contribution in [0.5, 0.6) is 0 Å². The first-order chi connectivity index (χ1) is 10.8. The summed E-state index contributed by atoms with van der Waals surface area (Å²) in [5.41, 5.74) is 0. The van der Waals surface area contributed by atoms with E-state index >= 15 is 0 Å². The molecule has 2 rings (SSSR count). The molecular formula is C14H24N2O6S. The lowest BCUT2D eigenvalue weighted by atomic mass is 9.96. The van der Waals surface area contributed by atoms with Crippen LogP contribution in [-0.4, -0.2) is 65.9 Å². The van der Waals surface area contributed by atoms with Gasteiger partial charge in [0.2, 0.25) is 0 Å². The van der Waals surface area contributed by atoms with E-state index < -0.39 is 34.1 Å². The van der Waals surface area contributed by atoms with Gasteiger partial charge in [0.15, 0.2) is 0 Å². The minimum Gasteiger partial charge on any atom is -0.481 e. The average Bonchev–Trinajstić information content (AvgIpc) is 2.97. The molecular weight excluding hydrogens is 324 g/mol. The van der Waals surface area contributed by atoms with E-state index in [9.17, 15) is 23.1 Å². The molecule has 1 N–H and O–H groups in total. The zero-order chi connectivity index (χ0) is 17.2. The molecule has 0 aromatic rings. The van der Waals surface area contributed by atoms with Crippen molar-refractivity contribution in [2.75, 3.05) is 19.7 Å². The van der Waals surface area contributed by atoms with E-state index in [1.54, 1.807) is 13.8 Å². The predicted octanol–water partition coefficient (Wildman–Crippen LogP) is 0.444. The summed E-state index contributed by atoms with van der Waals surface area (Å²) in [6.07, 6.45) is 1.98. The molecule has 132 valence electrons. The molecule has 2 heterocycles. The normalized spacial score (nSPS) is 30.3. The summed E-state index contributed by atoms with van der Waals surface area (Å²) >= 11 is 0. The van der Waals surface area contributed by atoms with E-state index in [0.29, 0.717) is 25.7 Å². The van der Waals surface area contributed by atoms with Crippen molar-refractivity contribution in [1.82, 2.24) is 8.61 Å². The van der Waals surface area contributed by atoms with Crippen molar-refractivity contribution in [1.29, 1.82) is 0 Å². The third kappa shape index (κ3) is 3.67. The molecule has 2 aliphatic heterocycles. The Hall–Kier alpha value is -1.19. The van der Waals surface area contributed by atoms with Gasteiger partial charge in [0.05, 0.1) is 12.5 Å². The Morgan fingerprint density at radius 2 is 1.91 bits per heavy atom. The number of carboxylic acids is 1. The summed E-state index contributed by atoms with van der Waals surface area (Å²) in [4.78, 5) is 23.2. The van der Waals surface area contributed by atoms with Crippen molar-refractivity contribution in [3.8, 4) is 0 Å². The Balaban J connectivity index is 2.21. The Morgan fingerprint density at radius 3 is 2.52 bits per heavy atom. The van der Waals surface area contributed by atoms with Gasteiger partial charge in [-0.2, -0.15) is 17.0 Å². The summed E-state index contributed by atoms with van der Waals surface area (Å²) < 4.78 is 33.2. The van der Waals surface area contributed by atoms with Gasteiger partial charge in [-0.05, 0) is 39.5 Å². The first kappa shape index (κ1) is 18.2. The Labute approximate surface area is 136 Å². The van der Waals surface area contributed by atoms with Gasteiger partial charge in [0.25, 0.3) is 10.2 Å². The van der Waals surface area contributed by atoms with Crippen LogP contribution in [0.25, 0.3) is 0 Å². The molecule has 23 heavy (non-hydrogen) atoms. The number of rotatable bonds is 5. The van der Waals surface area contributed by atoms with Crippen LogP contribution in [0.2, 0.25) is 0 Å². The van der Waals surface area contributed by atoms with Crippen LogP contribution >= 0.6 is 0 Å². The van der Waals surface area contributed by atoms with Crippen molar-refractivity contribution in [3.63, 3.8) is 0 Å². The standard InChI is InChI=1S/C14H24N2O6S/c1-3-22-14(19)12-5-4-8-15(12)23(20,21)16-9-11(13(17)18)7-6-10(16)2/h10-12H,3-9H2,1-2H3,(H,17,18). The third-order valence-electron chi connectivity index (χ3n) is 4.53. The highest BCUT2D eigenvalue weighted by atomic mass is 32.2. The molecule has 2 aliphatic rings. The van der Waals surface area contributed by atoms with Gasteiger partial charge in [-0.25, -0.2) is 0 Å². The molecule has 0 radical (unpaired) electrons. The number of hydrogen-bond acceptors (Lipinski definition) is 5. The Bertz CT molecular complexity index is 564. The van der Waals surface area contributed by atoms with Crippen molar-refractivity contribution in [3.05, 3.63) is 0 Å². The summed E-state index contributed by atoms with van der Waals surface area (Å²) in [6, 6.07) is -1.09. The number of carbonyl (C=O) groups excluding carboxylic acids is 1. The molecule has 0 aromatic heterocycles. The van der Waals surface area contributed by atoms with Gasteiger partial charge in [-0.3, -0.25) is 9.59 Å². The molecule has 0 aliphatic carbocycles. The van der Waals surface area contributed by atoms with Crippen LogP contribution in [0, 0.1) is 5.92 Å². The number of aliphatic carboxylic acids is 1. The minimum absolute atomic E-state index is 0.0507. The van der Waals surface area contributed by atoms with Crippen LogP contribution in [-0.2, 0) is 24.5 Å². The average molecular weight is 348 g/mol. The highest BCUT2D eigenvalue weighted by Crippen LogP contribution is 2.30. The maximum Gasteiger partial charge on any atom is 0.324 e. The molecule has 9 heteroatoms. The van der Waals surface area contributed by atoms with Crippen LogP contribution < -0.4 is 0 Å². The number of hydrogen-bond donors (Lipinski definition) is 1. The first-order valence-corrected chi connectivity index (χ1v) is 9.36. The predicted molar refractivity (Wildman–Crippen MR) is 81.8 cm³/mol. The van der Waals surface area contributed by atoms with Crippen molar-refractivity contribution in [2.24, 2.45) is 5.92 Å². The Morgan fingerprint density at radius 1 is 1.22 bits per heavy atom. The zero-order valence-corrected chi connectivity index (χ0v) is 14.3. The summed E-state index contributed by atoms with van der Waals surface area (Å²) in [6.45, 7) is 3.85. The van der Waals surface area contributed by atoms with Crippen molar-refractivity contribution >= 4 is 22.1 Å². The fraction of sp³-hybridized carbons (Fsp3) is 0.857. The lowest BCUT2D eigenvalue weighted by Crippen LogP contribution is -2.55. The molecule has 2 fully saturated rings.